The van der Waals surface area contributed by atoms with Gasteiger partial charge in [-0.15, -0.1) is 0 Å². The van der Waals surface area contributed by atoms with E-state index >= 15 is 0 Å². The van der Waals surface area contributed by atoms with Gasteiger partial charge in [0.2, 0.25) is 0 Å². The average Bonchev–Trinajstić information content (AvgIpc) is 2.67. The summed E-state index contributed by atoms with van der Waals surface area (Å²) in [5.41, 5.74) is 1.03. The first kappa shape index (κ1) is 23.0. The number of nitrogens with zero attached hydrogens (tertiary/aromatic N) is 1. The maximum atomic E-state index is 11.1. The van der Waals surface area contributed by atoms with Crippen LogP contribution >= 0.6 is 0 Å². The predicted octanol–water partition coefficient (Wildman–Crippen LogP) is 5.84. The largest absolute Gasteiger partial charge is 0.386 e. The molecule has 3 aromatic rings. The molecule has 4 heteroatoms. The van der Waals surface area contributed by atoms with Crippen molar-refractivity contribution in [3.8, 4) is 0 Å². The monoisotopic (exact) mass is 419 g/mol. The van der Waals surface area contributed by atoms with E-state index in [9.17, 15) is 15.3 Å². The first-order valence-electron chi connectivity index (χ1n) is 10.6. The van der Waals surface area contributed by atoms with Gasteiger partial charge in [-0.25, -0.2) is 0 Å². The van der Waals surface area contributed by atoms with Crippen molar-refractivity contribution in [2.45, 2.75) is 58.3 Å². The minimum atomic E-state index is -1.16. The zero-order valence-electron chi connectivity index (χ0n) is 19.2. The molecule has 0 saturated heterocycles. The van der Waals surface area contributed by atoms with E-state index in [0.717, 1.165) is 16.9 Å². The predicted molar refractivity (Wildman–Crippen MR) is 127 cm³/mol. The molecular formula is C27H33NO3. The molecule has 0 fully saturated rings. The summed E-state index contributed by atoms with van der Waals surface area (Å²) < 4.78 is 0. The third-order valence-corrected chi connectivity index (χ3v) is 5.40. The molecule has 0 aliphatic carbocycles. The van der Waals surface area contributed by atoms with Crippen molar-refractivity contribution in [1.82, 2.24) is 0 Å². The van der Waals surface area contributed by atoms with Crippen molar-refractivity contribution in [2.75, 3.05) is 4.90 Å². The molecule has 3 rings (SSSR count). The van der Waals surface area contributed by atoms with Crippen LogP contribution in [0.4, 0.5) is 17.1 Å². The van der Waals surface area contributed by atoms with Gasteiger partial charge < -0.3 is 20.2 Å². The van der Waals surface area contributed by atoms with E-state index in [-0.39, 0.29) is 0 Å². The summed E-state index contributed by atoms with van der Waals surface area (Å²) in [5.74, 6) is 0. The third-order valence-electron chi connectivity index (χ3n) is 5.40. The Kier molecular flexibility index (Phi) is 6.03. The lowest BCUT2D eigenvalue weighted by Crippen LogP contribution is -2.28. The molecule has 0 unspecified atom stereocenters. The summed E-state index contributed by atoms with van der Waals surface area (Å²) in [7, 11) is 0. The van der Waals surface area contributed by atoms with Crippen molar-refractivity contribution in [3.63, 3.8) is 0 Å². The average molecular weight is 420 g/mol. The number of rotatable bonds is 6. The Morgan fingerprint density at radius 2 is 0.935 bits per heavy atom. The number of hydrogen-bond acceptors (Lipinski definition) is 4. The number of aliphatic hydroxyl groups is 3. The Morgan fingerprint density at radius 3 is 1.42 bits per heavy atom. The zero-order chi connectivity index (χ0) is 23.0. The topological polar surface area (TPSA) is 63.9 Å². The smallest absolute Gasteiger partial charge is 0.0860 e. The van der Waals surface area contributed by atoms with Gasteiger partial charge >= 0.3 is 0 Å². The maximum Gasteiger partial charge on any atom is 0.0860 e. The molecule has 164 valence electrons. The second-order valence-corrected chi connectivity index (χ2v) is 9.57. The Balaban J connectivity index is 2.48. The van der Waals surface area contributed by atoms with E-state index in [1.165, 1.54) is 0 Å². The molecule has 3 aromatic carbocycles. The normalized spacial score (nSPS) is 12.7. The van der Waals surface area contributed by atoms with E-state index in [0.29, 0.717) is 16.8 Å². The van der Waals surface area contributed by atoms with Crippen molar-refractivity contribution in [2.24, 2.45) is 0 Å². The fraction of sp³-hybridized carbons (Fsp3) is 0.333. The summed E-state index contributed by atoms with van der Waals surface area (Å²) >= 11 is 0. The molecule has 0 spiro atoms. The van der Waals surface area contributed by atoms with Crippen LogP contribution < -0.4 is 4.90 Å². The van der Waals surface area contributed by atoms with Crippen molar-refractivity contribution < 1.29 is 15.3 Å². The first-order chi connectivity index (χ1) is 14.3. The highest BCUT2D eigenvalue weighted by molar-refractivity contribution is 5.83. The maximum absolute atomic E-state index is 11.1. The summed E-state index contributed by atoms with van der Waals surface area (Å²) in [4.78, 5) is 2.02. The SMILES string of the molecule is CC(C)(O)c1ccccc1N(c1ccccc1)c1c(C(C)(C)O)cccc1C(C)(C)O. The van der Waals surface area contributed by atoms with Gasteiger partial charge in [-0.2, -0.15) is 0 Å². The van der Waals surface area contributed by atoms with Crippen LogP contribution in [0.15, 0.2) is 72.8 Å². The van der Waals surface area contributed by atoms with Crippen LogP contribution in [0, 0.1) is 0 Å². The number of hydrogen-bond donors (Lipinski definition) is 3. The number of para-hydroxylation sites is 3. The fourth-order valence-corrected chi connectivity index (χ4v) is 3.92. The highest BCUT2D eigenvalue weighted by Gasteiger charge is 2.33. The first-order valence-corrected chi connectivity index (χ1v) is 10.6. The van der Waals surface area contributed by atoms with E-state index in [1.807, 2.05) is 77.7 Å². The molecule has 0 aromatic heterocycles. The van der Waals surface area contributed by atoms with E-state index < -0.39 is 16.8 Å². The lowest BCUT2D eigenvalue weighted by Gasteiger charge is -2.37. The molecule has 0 heterocycles. The molecule has 0 aliphatic rings. The van der Waals surface area contributed by atoms with E-state index in [1.54, 1.807) is 41.5 Å². The van der Waals surface area contributed by atoms with Crippen LogP contribution in [0.1, 0.15) is 58.2 Å². The Morgan fingerprint density at radius 1 is 0.516 bits per heavy atom. The van der Waals surface area contributed by atoms with Crippen molar-refractivity contribution in [1.29, 1.82) is 0 Å². The van der Waals surface area contributed by atoms with Gasteiger partial charge in [0.15, 0.2) is 0 Å². The van der Waals surface area contributed by atoms with Crippen molar-refractivity contribution >= 4 is 17.1 Å². The molecule has 0 atom stereocenters. The lowest BCUT2D eigenvalue weighted by atomic mass is 9.86. The molecule has 31 heavy (non-hydrogen) atoms. The number of benzene rings is 3. The van der Waals surface area contributed by atoms with Crippen LogP contribution in [-0.4, -0.2) is 15.3 Å². The highest BCUT2D eigenvalue weighted by Crippen LogP contribution is 2.47. The second kappa shape index (κ2) is 8.12. The molecular weight excluding hydrogens is 386 g/mol. The van der Waals surface area contributed by atoms with E-state index in [2.05, 4.69) is 0 Å². The Hall–Kier alpha value is -2.66. The zero-order valence-corrected chi connectivity index (χ0v) is 19.2. The summed E-state index contributed by atoms with van der Waals surface area (Å²) in [6.07, 6.45) is 0. The van der Waals surface area contributed by atoms with Gasteiger partial charge in [-0.05, 0) is 59.7 Å². The molecule has 0 bridgehead atoms. The highest BCUT2D eigenvalue weighted by atomic mass is 16.3. The molecule has 0 radical (unpaired) electrons. The minimum Gasteiger partial charge on any atom is -0.386 e. The molecule has 0 saturated carbocycles. The quantitative estimate of drug-likeness (QED) is 0.470. The van der Waals surface area contributed by atoms with Crippen LogP contribution in [0.2, 0.25) is 0 Å². The van der Waals surface area contributed by atoms with Crippen LogP contribution in [0.25, 0.3) is 0 Å². The summed E-state index contributed by atoms with van der Waals surface area (Å²) in [5, 5.41) is 33.1. The molecule has 0 aliphatic heterocycles. The van der Waals surface area contributed by atoms with Crippen LogP contribution in [0.5, 0.6) is 0 Å². The standard InChI is InChI=1S/C27H33NO3/c1-25(2,29)20-15-10-11-18-23(20)28(19-13-8-7-9-14-19)24-21(26(3,4)30)16-12-17-22(24)27(5,6)31/h7-18,29-31H,1-6H3. The van der Waals surface area contributed by atoms with Crippen molar-refractivity contribution in [3.05, 3.63) is 89.5 Å². The van der Waals surface area contributed by atoms with E-state index in [4.69, 9.17) is 0 Å². The second-order valence-electron chi connectivity index (χ2n) is 9.57. The lowest BCUT2D eigenvalue weighted by molar-refractivity contribution is 0.0730. The van der Waals surface area contributed by atoms with Gasteiger partial charge in [0.1, 0.15) is 0 Å². The van der Waals surface area contributed by atoms with Gasteiger partial charge in [0.05, 0.1) is 28.2 Å². The molecule has 0 amide bonds. The molecule has 4 nitrogen and oxygen atoms in total. The van der Waals surface area contributed by atoms with Gasteiger partial charge in [0.25, 0.3) is 0 Å². The van der Waals surface area contributed by atoms with Gasteiger partial charge in [0, 0.05) is 22.4 Å². The summed E-state index contributed by atoms with van der Waals surface area (Å²) in [6, 6.07) is 23.1. The third kappa shape index (κ3) is 4.82. The Labute approximate surface area is 185 Å². The Bertz CT molecular complexity index is 1010. The summed E-state index contributed by atoms with van der Waals surface area (Å²) in [6.45, 7) is 10.5. The fourth-order valence-electron chi connectivity index (χ4n) is 3.92. The van der Waals surface area contributed by atoms with Gasteiger partial charge in [-0.3, -0.25) is 0 Å². The minimum absolute atomic E-state index is 0.682. The van der Waals surface area contributed by atoms with Gasteiger partial charge in [-0.1, -0.05) is 54.6 Å². The number of anilines is 3. The van der Waals surface area contributed by atoms with Crippen LogP contribution in [0.3, 0.4) is 0 Å². The van der Waals surface area contributed by atoms with Crippen LogP contribution in [-0.2, 0) is 16.8 Å². The molecule has 3 N–H and O–H groups in total.